The summed E-state index contributed by atoms with van der Waals surface area (Å²) < 4.78 is 17.3. The maximum absolute atomic E-state index is 5.83. The van der Waals surface area contributed by atoms with E-state index in [0.29, 0.717) is 19.3 Å². The topological polar surface area (TPSA) is 67.4 Å². The van der Waals surface area contributed by atoms with Gasteiger partial charge in [-0.3, -0.25) is 4.99 Å². The van der Waals surface area contributed by atoms with E-state index in [0.717, 1.165) is 74.8 Å². The van der Waals surface area contributed by atoms with Crippen molar-refractivity contribution in [3.63, 3.8) is 0 Å². The van der Waals surface area contributed by atoms with Crippen molar-refractivity contribution >= 4 is 35.6 Å². The summed E-state index contributed by atoms with van der Waals surface area (Å²) in [6.45, 7) is 5.90. The number of aliphatic imine (C=N–C) groups is 1. The molecule has 4 rings (SSSR count). The van der Waals surface area contributed by atoms with Gasteiger partial charge >= 0.3 is 0 Å². The average molecular weight is 544 g/mol. The van der Waals surface area contributed by atoms with E-state index in [1.54, 1.807) is 0 Å². The Balaban J connectivity index is 0.00000272. The molecule has 1 aromatic rings. The van der Waals surface area contributed by atoms with Crippen LogP contribution in [0.2, 0.25) is 0 Å². The Labute approximate surface area is 203 Å². The number of ether oxygens (including phenoxy) is 3. The second kappa shape index (κ2) is 12.7. The van der Waals surface area contributed by atoms with Crippen molar-refractivity contribution in [2.45, 2.75) is 44.6 Å². The normalized spacial score (nSPS) is 21.3. The molecule has 2 N–H and O–H groups in total. The fourth-order valence-electron chi connectivity index (χ4n) is 3.84. The zero-order valence-electron chi connectivity index (χ0n) is 18.6. The molecule has 0 aromatic heterocycles. The molecule has 2 aliphatic heterocycles. The molecule has 2 heterocycles. The molecule has 1 saturated carbocycles. The summed E-state index contributed by atoms with van der Waals surface area (Å²) >= 11 is 0. The Hall–Kier alpha value is -1.26. The van der Waals surface area contributed by atoms with Crippen LogP contribution in [0, 0.1) is 5.92 Å². The first-order valence-electron chi connectivity index (χ1n) is 11.5. The molecule has 174 valence electrons. The molecule has 31 heavy (non-hydrogen) atoms. The van der Waals surface area contributed by atoms with Crippen molar-refractivity contribution in [2.75, 3.05) is 58.4 Å². The van der Waals surface area contributed by atoms with Crippen LogP contribution in [0.5, 0.6) is 11.5 Å². The Morgan fingerprint density at radius 3 is 2.77 bits per heavy atom. The van der Waals surface area contributed by atoms with E-state index in [-0.39, 0.29) is 24.0 Å². The lowest BCUT2D eigenvalue weighted by Gasteiger charge is -2.19. The summed E-state index contributed by atoms with van der Waals surface area (Å²) in [5.41, 5.74) is 0.954. The van der Waals surface area contributed by atoms with Gasteiger partial charge in [-0.2, -0.15) is 0 Å². The number of likely N-dealkylation sites (tertiary alicyclic amines) is 1. The maximum atomic E-state index is 5.83. The van der Waals surface area contributed by atoms with Crippen LogP contribution in [-0.4, -0.2) is 70.0 Å². The van der Waals surface area contributed by atoms with Gasteiger partial charge in [0.1, 0.15) is 0 Å². The van der Waals surface area contributed by atoms with Gasteiger partial charge in [0.25, 0.3) is 0 Å². The van der Waals surface area contributed by atoms with Gasteiger partial charge in [-0.1, -0.05) is 0 Å². The predicted molar refractivity (Wildman–Crippen MR) is 135 cm³/mol. The van der Waals surface area contributed by atoms with Crippen LogP contribution in [-0.2, 0) is 4.74 Å². The molecule has 8 heteroatoms. The number of rotatable bonds is 9. The van der Waals surface area contributed by atoms with Gasteiger partial charge in [0.05, 0.1) is 19.8 Å². The predicted octanol–water partition coefficient (Wildman–Crippen LogP) is 3.73. The number of nitrogens with one attached hydrogen (secondary N) is 2. The van der Waals surface area contributed by atoms with Crippen molar-refractivity contribution < 1.29 is 14.2 Å². The minimum Gasteiger partial charge on any atom is -0.490 e. The summed E-state index contributed by atoms with van der Waals surface area (Å²) in [7, 11) is 2.19. The van der Waals surface area contributed by atoms with E-state index >= 15 is 0 Å². The smallest absolute Gasteiger partial charge is 0.195 e. The highest BCUT2D eigenvalue weighted by molar-refractivity contribution is 14.0. The van der Waals surface area contributed by atoms with Gasteiger partial charge in [-0.15, -0.1) is 24.0 Å². The van der Waals surface area contributed by atoms with Gasteiger partial charge in [0.2, 0.25) is 0 Å². The van der Waals surface area contributed by atoms with E-state index in [2.05, 4.69) is 22.6 Å². The molecule has 2 fully saturated rings. The summed E-state index contributed by atoms with van der Waals surface area (Å²) in [5, 5.41) is 6.92. The molecular formula is C23H37IN4O3. The average Bonchev–Trinajstić information content (AvgIpc) is 3.53. The minimum atomic E-state index is 0. The first kappa shape index (κ1) is 24.4. The van der Waals surface area contributed by atoms with Gasteiger partial charge in [0.15, 0.2) is 17.5 Å². The molecule has 1 aromatic carbocycles. The van der Waals surface area contributed by atoms with Gasteiger partial charge < -0.3 is 29.7 Å². The van der Waals surface area contributed by atoms with Crippen LogP contribution in [0.15, 0.2) is 23.2 Å². The lowest BCUT2D eigenvalue weighted by Crippen LogP contribution is -2.34. The number of benzene rings is 1. The number of fused-ring (bicyclic) bond motifs is 1. The van der Waals surface area contributed by atoms with E-state index in [9.17, 15) is 0 Å². The third kappa shape index (κ3) is 7.98. The van der Waals surface area contributed by atoms with Crippen LogP contribution in [0.1, 0.15) is 38.5 Å². The molecular weight excluding hydrogens is 507 g/mol. The fourth-order valence-corrected chi connectivity index (χ4v) is 3.84. The largest absolute Gasteiger partial charge is 0.490 e. The molecule has 0 amide bonds. The zero-order chi connectivity index (χ0) is 20.6. The molecule has 7 nitrogen and oxygen atoms in total. The molecule has 0 spiro atoms. The van der Waals surface area contributed by atoms with Gasteiger partial charge in [-0.05, 0) is 63.7 Å². The lowest BCUT2D eigenvalue weighted by molar-refractivity contribution is 0.123. The van der Waals surface area contributed by atoms with Gasteiger partial charge in [-0.25, -0.2) is 0 Å². The number of nitrogens with zero attached hydrogens (tertiary/aromatic N) is 2. The number of likely N-dealkylation sites (N-methyl/N-ethyl adjacent to an activating group) is 1. The number of halogens is 1. The maximum Gasteiger partial charge on any atom is 0.195 e. The monoisotopic (exact) mass is 544 g/mol. The third-order valence-corrected chi connectivity index (χ3v) is 5.95. The van der Waals surface area contributed by atoms with Crippen LogP contribution >= 0.6 is 24.0 Å². The van der Waals surface area contributed by atoms with Crippen molar-refractivity contribution in [3.05, 3.63) is 18.2 Å². The number of hydrogen-bond acceptors (Lipinski definition) is 5. The number of guanidine groups is 1. The SMILES string of the molecule is CN1CCCC1CN=C(NCCCOCC1CC1)Nc1ccc2c(c1)OCCCO2.I. The molecule has 3 aliphatic rings. The first-order valence-corrected chi connectivity index (χ1v) is 11.5. The number of anilines is 1. The molecule has 0 radical (unpaired) electrons. The molecule has 0 bridgehead atoms. The van der Waals surface area contributed by atoms with E-state index in [4.69, 9.17) is 19.2 Å². The minimum absolute atomic E-state index is 0. The van der Waals surface area contributed by atoms with E-state index in [1.807, 2.05) is 18.2 Å². The highest BCUT2D eigenvalue weighted by Crippen LogP contribution is 2.32. The summed E-state index contributed by atoms with van der Waals surface area (Å²) in [5.74, 6) is 3.23. The lowest BCUT2D eigenvalue weighted by atomic mass is 10.2. The summed E-state index contributed by atoms with van der Waals surface area (Å²) in [6, 6.07) is 6.51. The quantitative estimate of drug-likeness (QED) is 0.214. The Bertz CT molecular complexity index is 714. The Morgan fingerprint density at radius 2 is 2.00 bits per heavy atom. The highest BCUT2D eigenvalue weighted by Gasteiger charge is 2.21. The van der Waals surface area contributed by atoms with Crippen molar-refractivity contribution in [2.24, 2.45) is 10.9 Å². The van der Waals surface area contributed by atoms with Crippen LogP contribution in [0.3, 0.4) is 0 Å². The molecule has 1 saturated heterocycles. The Kier molecular flexibility index (Phi) is 9.98. The van der Waals surface area contributed by atoms with Crippen LogP contribution in [0.4, 0.5) is 5.69 Å². The standard InChI is InChI=1S/C23H36N4O3.HI/c1-27-11-2-5-20(27)16-25-23(24-10-3-12-28-17-18-6-7-18)26-19-8-9-21-22(15-19)30-14-4-13-29-21;/h8-9,15,18,20H,2-7,10-14,16-17H2,1H3,(H2,24,25,26);1H. The number of hydrogen-bond donors (Lipinski definition) is 2. The zero-order valence-corrected chi connectivity index (χ0v) is 20.9. The van der Waals surface area contributed by atoms with Crippen LogP contribution in [0.25, 0.3) is 0 Å². The molecule has 1 aliphatic carbocycles. The van der Waals surface area contributed by atoms with Crippen molar-refractivity contribution in [1.82, 2.24) is 10.2 Å². The van der Waals surface area contributed by atoms with E-state index in [1.165, 1.54) is 25.7 Å². The van der Waals surface area contributed by atoms with Crippen LogP contribution < -0.4 is 20.1 Å². The summed E-state index contributed by atoms with van der Waals surface area (Å²) in [4.78, 5) is 7.28. The second-order valence-corrected chi connectivity index (χ2v) is 8.60. The van der Waals surface area contributed by atoms with Gasteiger partial charge in [0, 0.05) is 44.0 Å². The third-order valence-electron chi connectivity index (χ3n) is 5.95. The van der Waals surface area contributed by atoms with Crippen molar-refractivity contribution in [1.29, 1.82) is 0 Å². The molecule has 1 atom stereocenters. The Morgan fingerprint density at radius 1 is 1.16 bits per heavy atom. The van der Waals surface area contributed by atoms with E-state index < -0.39 is 0 Å². The fraction of sp³-hybridized carbons (Fsp3) is 0.696. The second-order valence-electron chi connectivity index (χ2n) is 8.60. The molecule has 1 unspecified atom stereocenters. The first-order chi connectivity index (χ1) is 14.8. The van der Waals surface area contributed by atoms with Crippen molar-refractivity contribution in [3.8, 4) is 11.5 Å². The summed E-state index contributed by atoms with van der Waals surface area (Å²) in [6.07, 6.45) is 7.02. The highest BCUT2D eigenvalue weighted by atomic mass is 127.